The van der Waals surface area contributed by atoms with Crippen LogP contribution in [0.25, 0.3) is 0 Å². The van der Waals surface area contributed by atoms with Gasteiger partial charge in [0.25, 0.3) is 0 Å². The molecule has 0 bridgehead atoms. The number of carbonyl (C=O) groups excluding carboxylic acids is 1. The van der Waals surface area contributed by atoms with Gasteiger partial charge in [-0.3, -0.25) is 9.48 Å². The molecule has 0 unspecified atom stereocenters. The van der Waals surface area contributed by atoms with Crippen molar-refractivity contribution in [3.8, 4) is 0 Å². The topological polar surface area (TPSA) is 46.9 Å². The van der Waals surface area contributed by atoms with Crippen LogP contribution in [-0.4, -0.2) is 15.7 Å². The first kappa shape index (κ1) is 15.7. The third-order valence-electron chi connectivity index (χ3n) is 4.58. The molecule has 1 fully saturated rings. The molecular formula is C18H22FN3O. The number of aromatic nitrogens is 2. The summed E-state index contributed by atoms with van der Waals surface area (Å²) in [6.45, 7) is 4.31. The predicted octanol–water partition coefficient (Wildman–Crippen LogP) is 3.82. The number of nitrogens with zero attached hydrogens (tertiary/aromatic N) is 2. The number of amides is 1. The van der Waals surface area contributed by atoms with Gasteiger partial charge in [0.15, 0.2) is 0 Å². The van der Waals surface area contributed by atoms with Crippen LogP contribution in [0.15, 0.2) is 24.3 Å². The molecule has 122 valence electrons. The van der Waals surface area contributed by atoms with Crippen LogP contribution in [0.3, 0.4) is 0 Å². The lowest BCUT2D eigenvalue weighted by Gasteiger charge is -2.11. The maximum atomic E-state index is 13.3. The van der Waals surface area contributed by atoms with E-state index < -0.39 is 0 Å². The Labute approximate surface area is 135 Å². The Bertz CT molecular complexity index is 717. The molecule has 1 N–H and O–H groups in total. The van der Waals surface area contributed by atoms with E-state index in [1.54, 1.807) is 6.07 Å². The zero-order valence-electron chi connectivity index (χ0n) is 13.6. The van der Waals surface area contributed by atoms with E-state index in [1.165, 1.54) is 12.1 Å². The maximum Gasteiger partial charge on any atom is 0.227 e. The van der Waals surface area contributed by atoms with Crippen LogP contribution in [0.2, 0.25) is 0 Å². The van der Waals surface area contributed by atoms with E-state index in [0.29, 0.717) is 6.54 Å². The van der Waals surface area contributed by atoms with Crippen molar-refractivity contribution in [2.24, 2.45) is 5.92 Å². The first-order chi connectivity index (χ1) is 11.0. The quantitative estimate of drug-likeness (QED) is 0.932. The van der Waals surface area contributed by atoms with Crippen molar-refractivity contribution in [2.75, 3.05) is 5.32 Å². The number of anilines is 1. The Kier molecular flexibility index (Phi) is 4.46. The molecule has 5 heteroatoms. The zero-order chi connectivity index (χ0) is 16.4. The lowest BCUT2D eigenvalue weighted by Crippen LogP contribution is -2.21. The molecule has 1 aliphatic carbocycles. The summed E-state index contributed by atoms with van der Waals surface area (Å²) in [6.07, 6.45) is 4.21. The van der Waals surface area contributed by atoms with Gasteiger partial charge in [0.2, 0.25) is 5.91 Å². The van der Waals surface area contributed by atoms with Gasteiger partial charge >= 0.3 is 0 Å². The zero-order valence-corrected chi connectivity index (χ0v) is 13.6. The fourth-order valence-corrected chi connectivity index (χ4v) is 3.25. The van der Waals surface area contributed by atoms with Gasteiger partial charge in [-0.05, 0) is 44.4 Å². The molecule has 0 radical (unpaired) electrons. The number of aryl methyl sites for hydroxylation is 1. The van der Waals surface area contributed by atoms with Crippen molar-refractivity contribution in [2.45, 2.75) is 46.1 Å². The van der Waals surface area contributed by atoms with Crippen LogP contribution in [0.4, 0.5) is 10.1 Å². The average molecular weight is 315 g/mol. The van der Waals surface area contributed by atoms with E-state index in [-0.39, 0.29) is 17.6 Å². The van der Waals surface area contributed by atoms with E-state index in [1.807, 2.05) is 24.6 Å². The van der Waals surface area contributed by atoms with Crippen LogP contribution in [0.5, 0.6) is 0 Å². The summed E-state index contributed by atoms with van der Waals surface area (Å²) < 4.78 is 15.1. The molecule has 1 aliphatic rings. The number of halogens is 1. The smallest absolute Gasteiger partial charge is 0.227 e. The Morgan fingerprint density at radius 3 is 2.78 bits per heavy atom. The molecule has 1 aromatic carbocycles. The van der Waals surface area contributed by atoms with E-state index in [4.69, 9.17) is 0 Å². The highest BCUT2D eigenvalue weighted by atomic mass is 19.1. The summed E-state index contributed by atoms with van der Waals surface area (Å²) >= 11 is 0. The van der Waals surface area contributed by atoms with E-state index in [0.717, 1.165) is 48.3 Å². The largest absolute Gasteiger partial charge is 0.323 e. The summed E-state index contributed by atoms with van der Waals surface area (Å²) in [7, 11) is 0. The number of hydrogen-bond donors (Lipinski definition) is 1. The first-order valence-electron chi connectivity index (χ1n) is 8.14. The van der Waals surface area contributed by atoms with Crippen molar-refractivity contribution in [1.82, 2.24) is 9.78 Å². The molecule has 4 nitrogen and oxygen atoms in total. The molecule has 1 amide bonds. The van der Waals surface area contributed by atoms with Crippen LogP contribution >= 0.6 is 0 Å². The summed E-state index contributed by atoms with van der Waals surface area (Å²) in [5.41, 5.74) is 3.34. The van der Waals surface area contributed by atoms with Crippen LogP contribution in [0.1, 0.15) is 42.6 Å². The van der Waals surface area contributed by atoms with E-state index in [2.05, 4.69) is 10.4 Å². The Morgan fingerprint density at radius 1 is 1.35 bits per heavy atom. The van der Waals surface area contributed by atoms with E-state index in [9.17, 15) is 9.18 Å². The Hall–Kier alpha value is -2.17. The highest BCUT2D eigenvalue weighted by molar-refractivity contribution is 5.93. The van der Waals surface area contributed by atoms with Crippen molar-refractivity contribution >= 4 is 11.6 Å². The fraction of sp³-hybridized carbons (Fsp3) is 0.444. The fourth-order valence-electron chi connectivity index (χ4n) is 3.25. The van der Waals surface area contributed by atoms with Crippen molar-refractivity contribution in [3.05, 3.63) is 47.0 Å². The SMILES string of the molecule is Cc1nn(Cc2cccc(F)c2)c(C)c1NC(=O)C1CCCC1. The standard InChI is InChI=1S/C18H22FN3O/c1-12-17(20-18(23)15-7-3-4-8-15)13(2)22(21-12)11-14-6-5-9-16(19)10-14/h5-6,9-10,15H,3-4,7-8,11H2,1-2H3,(H,20,23). The molecule has 1 aromatic heterocycles. The number of carbonyl (C=O) groups is 1. The van der Waals surface area contributed by atoms with Crippen molar-refractivity contribution < 1.29 is 9.18 Å². The van der Waals surface area contributed by atoms with Gasteiger partial charge in [0.05, 0.1) is 23.6 Å². The summed E-state index contributed by atoms with van der Waals surface area (Å²) in [5.74, 6) is -0.0295. The molecule has 0 atom stereocenters. The maximum absolute atomic E-state index is 13.3. The normalized spacial score (nSPS) is 15.1. The summed E-state index contributed by atoms with van der Waals surface area (Å²) in [4.78, 5) is 12.3. The van der Waals surface area contributed by atoms with Gasteiger partial charge in [-0.2, -0.15) is 5.10 Å². The highest BCUT2D eigenvalue weighted by Gasteiger charge is 2.24. The molecule has 1 heterocycles. The molecule has 3 rings (SSSR count). The Morgan fingerprint density at radius 2 is 2.09 bits per heavy atom. The van der Waals surface area contributed by atoms with Gasteiger partial charge in [0, 0.05) is 5.92 Å². The van der Waals surface area contributed by atoms with Crippen molar-refractivity contribution in [3.63, 3.8) is 0 Å². The molecule has 0 aliphatic heterocycles. The minimum atomic E-state index is -0.251. The molecule has 2 aromatic rings. The van der Waals surface area contributed by atoms with Crippen LogP contribution in [-0.2, 0) is 11.3 Å². The molecule has 23 heavy (non-hydrogen) atoms. The molecule has 1 saturated carbocycles. The van der Waals surface area contributed by atoms with Crippen molar-refractivity contribution in [1.29, 1.82) is 0 Å². The predicted molar refractivity (Wildman–Crippen MR) is 87.8 cm³/mol. The van der Waals surface area contributed by atoms with Gasteiger partial charge < -0.3 is 5.32 Å². The third kappa shape index (κ3) is 3.44. The second-order valence-corrected chi connectivity index (χ2v) is 6.30. The third-order valence-corrected chi connectivity index (χ3v) is 4.58. The number of benzene rings is 1. The second-order valence-electron chi connectivity index (χ2n) is 6.30. The molecule has 0 saturated heterocycles. The minimum absolute atomic E-state index is 0.0963. The highest BCUT2D eigenvalue weighted by Crippen LogP contribution is 2.28. The lowest BCUT2D eigenvalue weighted by atomic mass is 10.1. The average Bonchev–Trinajstić information content (AvgIpc) is 3.12. The summed E-state index contributed by atoms with van der Waals surface area (Å²) in [5, 5.41) is 7.54. The molecular weight excluding hydrogens is 293 g/mol. The van der Waals surface area contributed by atoms with Gasteiger partial charge in [-0.15, -0.1) is 0 Å². The van der Waals surface area contributed by atoms with Gasteiger partial charge in [0.1, 0.15) is 5.82 Å². The molecule has 0 spiro atoms. The monoisotopic (exact) mass is 315 g/mol. The number of hydrogen-bond acceptors (Lipinski definition) is 2. The van der Waals surface area contributed by atoms with Gasteiger partial charge in [-0.25, -0.2) is 4.39 Å². The summed E-state index contributed by atoms with van der Waals surface area (Å²) in [6, 6.07) is 6.50. The minimum Gasteiger partial charge on any atom is -0.323 e. The van der Waals surface area contributed by atoms with E-state index >= 15 is 0 Å². The Balaban J connectivity index is 1.77. The second kappa shape index (κ2) is 6.52. The van der Waals surface area contributed by atoms with Crippen LogP contribution < -0.4 is 5.32 Å². The first-order valence-corrected chi connectivity index (χ1v) is 8.14. The number of rotatable bonds is 4. The lowest BCUT2D eigenvalue weighted by molar-refractivity contribution is -0.119. The van der Waals surface area contributed by atoms with Crippen LogP contribution in [0, 0.1) is 25.6 Å². The van der Waals surface area contributed by atoms with Gasteiger partial charge in [-0.1, -0.05) is 25.0 Å². The number of nitrogens with one attached hydrogen (secondary N) is 1.